The first-order chi connectivity index (χ1) is 8.66. The predicted octanol–water partition coefficient (Wildman–Crippen LogP) is 3.61. The van der Waals surface area contributed by atoms with Crippen LogP contribution in [0.4, 0.5) is 0 Å². The van der Waals surface area contributed by atoms with Crippen LogP contribution in [0.25, 0.3) is 0 Å². The molecule has 0 aromatic heterocycles. The van der Waals surface area contributed by atoms with Gasteiger partial charge in [-0.15, -0.1) is 0 Å². The van der Waals surface area contributed by atoms with Gasteiger partial charge in [-0.25, -0.2) is 9.65 Å². The fraction of sp³-hybridized carbons (Fsp3) is 0.364. The highest BCUT2D eigenvalue weighted by Crippen LogP contribution is 2.50. The van der Waals surface area contributed by atoms with Crippen LogP contribution in [-0.4, -0.2) is 18.6 Å². The molecule has 19 heavy (non-hydrogen) atoms. The van der Waals surface area contributed by atoms with E-state index >= 15 is 0 Å². The molecular weight excluding hydrogens is 312 g/mol. The van der Waals surface area contributed by atoms with Gasteiger partial charge in [0, 0.05) is 16.3 Å². The van der Waals surface area contributed by atoms with Gasteiger partial charge in [-0.3, -0.25) is 4.79 Å². The number of carbonyl (C=O) groups is 1. The van der Waals surface area contributed by atoms with Gasteiger partial charge in [0.15, 0.2) is 0 Å². The lowest BCUT2D eigenvalue weighted by molar-refractivity contribution is -0.146. The van der Waals surface area contributed by atoms with Crippen LogP contribution in [-0.2, 0) is 14.1 Å². The van der Waals surface area contributed by atoms with Gasteiger partial charge >= 0.3 is 12.8 Å². The van der Waals surface area contributed by atoms with E-state index in [-0.39, 0.29) is 5.75 Å². The van der Waals surface area contributed by atoms with E-state index in [0.717, 1.165) is 0 Å². The quantitative estimate of drug-likeness (QED) is 0.661. The smallest absolute Gasteiger partial charge is 0.410 e. The van der Waals surface area contributed by atoms with Crippen molar-refractivity contribution in [3.8, 4) is 5.75 Å². The number of hydrogen-bond acceptors (Lipinski definition) is 4. The van der Waals surface area contributed by atoms with Gasteiger partial charge in [0.1, 0.15) is 11.3 Å². The molecule has 0 aliphatic carbocycles. The third-order valence-corrected chi connectivity index (χ3v) is 4.13. The Morgan fingerprint density at radius 3 is 2.32 bits per heavy atom. The van der Waals surface area contributed by atoms with Crippen LogP contribution in [0.3, 0.4) is 0 Å². The molecule has 1 N–H and O–H groups in total. The van der Waals surface area contributed by atoms with Crippen molar-refractivity contribution in [3.63, 3.8) is 0 Å². The van der Waals surface area contributed by atoms with Crippen molar-refractivity contribution in [1.29, 1.82) is 0 Å². The molecule has 8 heteroatoms. The number of hydrogen-bond donors (Lipinski definition) is 1. The molecule has 1 unspecified atom stereocenters. The lowest BCUT2D eigenvalue weighted by Gasteiger charge is -2.25. The van der Waals surface area contributed by atoms with Gasteiger partial charge in [0.25, 0.3) is 0 Å². The summed E-state index contributed by atoms with van der Waals surface area (Å²) >= 11 is 11.5. The largest absolute Gasteiger partial charge is 0.468 e. The van der Waals surface area contributed by atoms with Crippen molar-refractivity contribution in [2.75, 3.05) is 7.11 Å². The van der Waals surface area contributed by atoms with Crippen LogP contribution in [0.5, 0.6) is 5.75 Å². The summed E-state index contributed by atoms with van der Waals surface area (Å²) in [6.07, 6.45) is 0. The van der Waals surface area contributed by atoms with E-state index < -0.39 is 18.4 Å². The van der Waals surface area contributed by atoms with E-state index in [1.165, 1.54) is 33.1 Å². The number of halogens is 2. The topological polar surface area (TPSA) is 64.6 Å². The standard InChI is InChI=1S/C11H14Cl2NO4P/c1-11(2,10(15)17-3)14-19(13,16)18-9-6-4-8(12)5-7-9/h4-7H,1-3H3,(H,14,16). The van der Waals surface area contributed by atoms with Crippen molar-refractivity contribution >= 4 is 35.7 Å². The summed E-state index contributed by atoms with van der Waals surface area (Å²) < 4.78 is 21.8. The monoisotopic (exact) mass is 325 g/mol. The minimum Gasteiger partial charge on any atom is -0.468 e. The van der Waals surface area contributed by atoms with Crippen LogP contribution in [0.2, 0.25) is 5.02 Å². The molecule has 0 radical (unpaired) electrons. The van der Waals surface area contributed by atoms with E-state index in [2.05, 4.69) is 9.82 Å². The number of rotatable bonds is 5. The maximum absolute atomic E-state index is 12.1. The summed E-state index contributed by atoms with van der Waals surface area (Å²) in [6.45, 7) is -0.769. The number of esters is 1. The zero-order valence-corrected chi connectivity index (χ0v) is 13.1. The van der Waals surface area contributed by atoms with E-state index in [0.29, 0.717) is 5.02 Å². The molecule has 0 amide bonds. The second-order valence-electron chi connectivity index (χ2n) is 4.25. The zero-order chi connectivity index (χ0) is 14.7. The minimum absolute atomic E-state index is 0.274. The average molecular weight is 326 g/mol. The van der Waals surface area contributed by atoms with Crippen LogP contribution in [0, 0.1) is 0 Å². The Balaban J connectivity index is 2.79. The number of nitrogens with one attached hydrogen (secondary N) is 1. The SMILES string of the molecule is COC(=O)C(C)(C)NP(=O)(Cl)Oc1ccc(Cl)cc1. The summed E-state index contributed by atoms with van der Waals surface area (Å²) in [7, 11) is 1.23. The molecule has 0 saturated carbocycles. The Labute approximate surface area is 121 Å². The highest BCUT2D eigenvalue weighted by Gasteiger charge is 2.37. The van der Waals surface area contributed by atoms with Crippen LogP contribution < -0.4 is 9.61 Å². The van der Waals surface area contributed by atoms with Gasteiger partial charge in [-0.05, 0) is 38.1 Å². The highest BCUT2D eigenvalue weighted by atomic mass is 35.7. The molecule has 1 aromatic carbocycles. The second-order valence-corrected chi connectivity index (χ2v) is 7.39. The first kappa shape index (κ1) is 16.3. The Morgan fingerprint density at radius 2 is 1.84 bits per heavy atom. The van der Waals surface area contributed by atoms with Gasteiger partial charge in [0.05, 0.1) is 7.11 Å². The lowest BCUT2D eigenvalue weighted by atomic mass is 10.1. The fourth-order valence-electron chi connectivity index (χ4n) is 1.29. The first-order valence-corrected chi connectivity index (χ1v) is 8.20. The molecule has 0 bridgehead atoms. The molecule has 0 spiro atoms. The minimum atomic E-state index is -3.74. The number of benzene rings is 1. The summed E-state index contributed by atoms with van der Waals surface area (Å²) in [5.74, 6) is -0.330. The van der Waals surface area contributed by atoms with E-state index in [1.54, 1.807) is 12.1 Å². The molecule has 1 atom stereocenters. The summed E-state index contributed by atoms with van der Waals surface area (Å²) in [6, 6.07) is 6.17. The maximum atomic E-state index is 12.1. The van der Waals surface area contributed by atoms with Crippen molar-refractivity contribution in [2.45, 2.75) is 19.4 Å². The third kappa shape index (κ3) is 5.03. The normalized spacial score (nSPS) is 14.6. The van der Waals surface area contributed by atoms with Crippen LogP contribution >= 0.6 is 29.7 Å². The molecule has 0 saturated heterocycles. The number of methoxy groups -OCH3 is 1. The maximum Gasteiger partial charge on any atom is 0.410 e. The molecule has 1 rings (SSSR count). The van der Waals surface area contributed by atoms with Crippen molar-refractivity contribution in [1.82, 2.24) is 5.09 Å². The molecule has 0 heterocycles. The van der Waals surface area contributed by atoms with Crippen LogP contribution in [0.1, 0.15) is 13.8 Å². The van der Waals surface area contributed by atoms with Crippen molar-refractivity contribution < 1.29 is 18.6 Å². The zero-order valence-electron chi connectivity index (χ0n) is 10.6. The Bertz CT molecular complexity index is 504. The van der Waals surface area contributed by atoms with Gasteiger partial charge in [-0.2, -0.15) is 0 Å². The van der Waals surface area contributed by atoms with E-state index in [1.807, 2.05) is 0 Å². The van der Waals surface area contributed by atoms with Crippen molar-refractivity contribution in [2.24, 2.45) is 0 Å². The molecular formula is C11H14Cl2NO4P. The summed E-state index contributed by atoms with van der Waals surface area (Å²) in [5, 5.41) is 2.95. The Kier molecular flexibility index (Phi) is 5.27. The van der Waals surface area contributed by atoms with Gasteiger partial charge in [0.2, 0.25) is 0 Å². The van der Waals surface area contributed by atoms with Crippen molar-refractivity contribution in [3.05, 3.63) is 29.3 Å². The molecule has 0 aliphatic heterocycles. The Morgan fingerprint density at radius 1 is 1.32 bits per heavy atom. The van der Waals surface area contributed by atoms with Crippen LogP contribution in [0.15, 0.2) is 24.3 Å². The molecule has 5 nitrogen and oxygen atoms in total. The average Bonchev–Trinajstić information content (AvgIpc) is 2.29. The lowest BCUT2D eigenvalue weighted by Crippen LogP contribution is -2.45. The molecule has 0 aliphatic rings. The summed E-state index contributed by atoms with van der Waals surface area (Å²) in [5.41, 5.74) is -1.24. The highest BCUT2D eigenvalue weighted by molar-refractivity contribution is 7.84. The van der Waals surface area contributed by atoms with Gasteiger partial charge in [-0.1, -0.05) is 11.6 Å². The van der Waals surface area contributed by atoms with E-state index in [4.69, 9.17) is 27.4 Å². The molecule has 0 fully saturated rings. The second kappa shape index (κ2) is 6.14. The molecule has 106 valence electrons. The van der Waals surface area contributed by atoms with E-state index in [9.17, 15) is 9.36 Å². The number of ether oxygens (including phenoxy) is 1. The number of carbonyl (C=O) groups excluding carboxylic acids is 1. The fourth-order valence-corrected chi connectivity index (χ4v) is 3.48. The van der Waals surface area contributed by atoms with Gasteiger partial charge < -0.3 is 9.26 Å². The molecule has 1 aromatic rings. The first-order valence-electron chi connectivity index (χ1n) is 5.29. The Hall–Kier alpha value is -0.740. The predicted molar refractivity (Wildman–Crippen MR) is 74.8 cm³/mol. The third-order valence-electron chi connectivity index (χ3n) is 2.15. The summed E-state index contributed by atoms with van der Waals surface area (Å²) in [4.78, 5) is 11.5.